The third-order valence-corrected chi connectivity index (χ3v) is 2.24. The van der Waals surface area contributed by atoms with Gasteiger partial charge in [0.2, 0.25) is 0 Å². The smallest absolute Gasteiger partial charge is 0.122 e. The number of pyridine rings is 1. The van der Waals surface area contributed by atoms with Gasteiger partial charge < -0.3 is 10.1 Å². The van der Waals surface area contributed by atoms with Crippen molar-refractivity contribution >= 4 is 11.4 Å². The van der Waals surface area contributed by atoms with E-state index in [-0.39, 0.29) is 5.84 Å². The zero-order chi connectivity index (χ0) is 10.1. The molecule has 0 atom stereocenters. The lowest BCUT2D eigenvalue weighted by molar-refractivity contribution is 0.933. The molecule has 4 heteroatoms. The maximum absolute atomic E-state index is 7.31. The minimum Gasteiger partial charge on any atom is -0.384 e. The van der Waals surface area contributed by atoms with Gasteiger partial charge in [-0.2, -0.15) is 0 Å². The van der Waals surface area contributed by atoms with E-state index < -0.39 is 0 Å². The molecule has 72 valence electrons. The Labute approximate surface area is 81.9 Å². The van der Waals surface area contributed by atoms with Crippen LogP contribution in [-0.4, -0.2) is 15.2 Å². The summed E-state index contributed by atoms with van der Waals surface area (Å²) in [5.41, 5.74) is 7.11. The first-order valence-electron chi connectivity index (χ1n) is 4.52. The van der Waals surface area contributed by atoms with Gasteiger partial charge in [-0.3, -0.25) is 5.41 Å². The van der Waals surface area contributed by atoms with Crippen LogP contribution in [0.3, 0.4) is 0 Å². The maximum atomic E-state index is 7.31. The predicted molar refractivity (Wildman–Crippen MR) is 55.6 cm³/mol. The number of hydrogen-bond acceptors (Lipinski definition) is 2. The molecule has 2 heterocycles. The van der Waals surface area contributed by atoms with Gasteiger partial charge in [0, 0.05) is 18.2 Å². The molecule has 14 heavy (non-hydrogen) atoms. The molecular weight excluding hydrogens is 176 g/mol. The molecular formula is C10H12N4. The highest BCUT2D eigenvalue weighted by atomic mass is 15.0. The number of fused-ring (bicyclic) bond motifs is 1. The zero-order valence-corrected chi connectivity index (χ0v) is 7.99. The lowest BCUT2D eigenvalue weighted by Crippen LogP contribution is -2.11. The molecule has 0 aliphatic heterocycles. The van der Waals surface area contributed by atoms with Crippen LogP contribution in [0.2, 0.25) is 0 Å². The number of nitrogens with two attached hydrogens (primary N) is 1. The molecule has 2 aromatic heterocycles. The largest absolute Gasteiger partial charge is 0.384 e. The lowest BCUT2D eigenvalue weighted by atomic mass is 10.2. The molecule has 0 unspecified atom stereocenters. The number of aromatic nitrogens is 2. The molecule has 0 saturated carbocycles. The summed E-state index contributed by atoms with van der Waals surface area (Å²) in [5.74, 6) is 1.11. The van der Waals surface area contributed by atoms with E-state index in [4.69, 9.17) is 11.1 Å². The SMILES string of the molecule is CCc1ncc2cc(C(=N)N)ccn12. The van der Waals surface area contributed by atoms with Gasteiger partial charge >= 0.3 is 0 Å². The second-order valence-electron chi connectivity index (χ2n) is 3.15. The Kier molecular flexibility index (Phi) is 1.96. The summed E-state index contributed by atoms with van der Waals surface area (Å²) in [7, 11) is 0. The van der Waals surface area contributed by atoms with Crippen LogP contribution in [0.25, 0.3) is 5.52 Å². The minimum atomic E-state index is 0.0896. The summed E-state index contributed by atoms with van der Waals surface area (Å²) < 4.78 is 2.01. The summed E-state index contributed by atoms with van der Waals surface area (Å²) in [4.78, 5) is 4.27. The minimum absolute atomic E-state index is 0.0896. The fourth-order valence-electron chi connectivity index (χ4n) is 1.48. The third-order valence-electron chi connectivity index (χ3n) is 2.24. The van der Waals surface area contributed by atoms with Gasteiger partial charge in [-0.25, -0.2) is 4.98 Å². The average Bonchev–Trinajstić information content (AvgIpc) is 2.59. The monoisotopic (exact) mass is 188 g/mol. The maximum Gasteiger partial charge on any atom is 0.122 e. The second-order valence-corrected chi connectivity index (χ2v) is 3.15. The van der Waals surface area contributed by atoms with Crippen LogP contribution < -0.4 is 5.73 Å². The van der Waals surface area contributed by atoms with Gasteiger partial charge in [-0.15, -0.1) is 0 Å². The Bertz CT molecular complexity index is 484. The highest BCUT2D eigenvalue weighted by molar-refractivity contribution is 5.95. The third kappa shape index (κ3) is 1.25. The Balaban J connectivity index is 2.63. The van der Waals surface area contributed by atoms with Crippen molar-refractivity contribution in [2.45, 2.75) is 13.3 Å². The highest BCUT2D eigenvalue weighted by Gasteiger charge is 2.02. The molecule has 2 aromatic rings. The van der Waals surface area contributed by atoms with Crippen LogP contribution in [0.4, 0.5) is 0 Å². The van der Waals surface area contributed by atoms with E-state index in [2.05, 4.69) is 11.9 Å². The van der Waals surface area contributed by atoms with Gasteiger partial charge in [0.1, 0.15) is 11.7 Å². The topological polar surface area (TPSA) is 67.2 Å². The zero-order valence-electron chi connectivity index (χ0n) is 7.99. The Morgan fingerprint density at radius 2 is 2.43 bits per heavy atom. The van der Waals surface area contributed by atoms with E-state index in [1.807, 2.05) is 22.7 Å². The fraction of sp³-hybridized carbons (Fsp3) is 0.200. The number of nitrogens with one attached hydrogen (secondary N) is 1. The van der Waals surface area contributed by atoms with E-state index in [1.165, 1.54) is 0 Å². The summed E-state index contributed by atoms with van der Waals surface area (Å²) in [6.45, 7) is 2.06. The lowest BCUT2D eigenvalue weighted by Gasteiger charge is -2.01. The standard InChI is InChI=1S/C10H12N4/c1-2-9-13-6-8-5-7(10(11)12)3-4-14(8)9/h3-6H,2H2,1H3,(H3,11,12). The number of imidazole rings is 1. The number of rotatable bonds is 2. The molecule has 0 bridgehead atoms. The molecule has 0 radical (unpaired) electrons. The molecule has 0 fully saturated rings. The number of nitrogens with zero attached hydrogens (tertiary/aromatic N) is 2. The van der Waals surface area contributed by atoms with Gasteiger partial charge in [0.05, 0.1) is 11.7 Å². The van der Waals surface area contributed by atoms with Crippen LogP contribution in [-0.2, 0) is 6.42 Å². The first kappa shape index (κ1) is 8.74. The normalized spacial score (nSPS) is 10.6. The van der Waals surface area contributed by atoms with Crippen molar-refractivity contribution in [2.75, 3.05) is 0 Å². The van der Waals surface area contributed by atoms with Crippen molar-refractivity contribution in [3.8, 4) is 0 Å². The van der Waals surface area contributed by atoms with Gasteiger partial charge in [-0.05, 0) is 12.1 Å². The molecule has 0 aliphatic rings. The molecule has 4 nitrogen and oxygen atoms in total. The molecule has 0 aromatic carbocycles. The molecule has 3 N–H and O–H groups in total. The molecule has 0 saturated heterocycles. The van der Waals surface area contributed by atoms with Crippen molar-refractivity contribution in [2.24, 2.45) is 5.73 Å². The number of nitrogen functional groups attached to an aromatic ring is 1. The predicted octanol–water partition coefficient (Wildman–Crippen LogP) is 1.18. The van der Waals surface area contributed by atoms with Crippen molar-refractivity contribution < 1.29 is 0 Å². The van der Waals surface area contributed by atoms with Crippen LogP contribution in [0.5, 0.6) is 0 Å². The Hall–Kier alpha value is -1.84. The molecule has 0 aliphatic carbocycles. The van der Waals surface area contributed by atoms with Crippen LogP contribution in [0.1, 0.15) is 18.3 Å². The number of amidine groups is 1. The van der Waals surface area contributed by atoms with Crippen molar-refractivity contribution in [1.29, 1.82) is 5.41 Å². The Morgan fingerprint density at radius 1 is 1.64 bits per heavy atom. The number of hydrogen-bond donors (Lipinski definition) is 2. The molecule has 0 amide bonds. The van der Waals surface area contributed by atoms with E-state index in [0.29, 0.717) is 0 Å². The van der Waals surface area contributed by atoms with Gasteiger partial charge in [-0.1, -0.05) is 6.92 Å². The molecule has 2 rings (SSSR count). The quantitative estimate of drug-likeness (QED) is 0.549. The number of aryl methyl sites for hydroxylation is 1. The fourth-order valence-corrected chi connectivity index (χ4v) is 1.48. The van der Waals surface area contributed by atoms with E-state index in [0.717, 1.165) is 23.3 Å². The summed E-state index contributed by atoms with van der Waals surface area (Å²) in [6.07, 6.45) is 4.59. The summed E-state index contributed by atoms with van der Waals surface area (Å²) >= 11 is 0. The van der Waals surface area contributed by atoms with Crippen molar-refractivity contribution in [1.82, 2.24) is 9.38 Å². The van der Waals surface area contributed by atoms with E-state index in [1.54, 1.807) is 6.20 Å². The molecule has 0 spiro atoms. The highest BCUT2D eigenvalue weighted by Crippen LogP contribution is 2.09. The van der Waals surface area contributed by atoms with E-state index >= 15 is 0 Å². The van der Waals surface area contributed by atoms with Crippen LogP contribution in [0, 0.1) is 5.41 Å². The Morgan fingerprint density at radius 3 is 3.07 bits per heavy atom. The summed E-state index contributed by atoms with van der Waals surface area (Å²) in [5, 5.41) is 7.31. The van der Waals surface area contributed by atoms with E-state index in [9.17, 15) is 0 Å². The van der Waals surface area contributed by atoms with Crippen LogP contribution in [0.15, 0.2) is 24.5 Å². The van der Waals surface area contributed by atoms with Crippen molar-refractivity contribution in [3.63, 3.8) is 0 Å². The van der Waals surface area contributed by atoms with Crippen molar-refractivity contribution in [3.05, 3.63) is 35.9 Å². The first-order valence-corrected chi connectivity index (χ1v) is 4.52. The average molecular weight is 188 g/mol. The first-order chi connectivity index (χ1) is 6.72. The van der Waals surface area contributed by atoms with Gasteiger partial charge in [0.25, 0.3) is 0 Å². The second kappa shape index (κ2) is 3.14. The van der Waals surface area contributed by atoms with Crippen LogP contribution >= 0.6 is 0 Å². The summed E-state index contributed by atoms with van der Waals surface area (Å²) in [6, 6.07) is 3.70. The van der Waals surface area contributed by atoms with Gasteiger partial charge in [0.15, 0.2) is 0 Å².